The van der Waals surface area contributed by atoms with Crippen LogP contribution in [0.25, 0.3) is 0 Å². The van der Waals surface area contributed by atoms with Gasteiger partial charge in [0.25, 0.3) is 5.91 Å². The molecule has 1 aromatic carbocycles. The summed E-state index contributed by atoms with van der Waals surface area (Å²) >= 11 is 0. The average molecular weight is 245 g/mol. The molecule has 0 bridgehead atoms. The van der Waals surface area contributed by atoms with Crippen LogP contribution < -0.4 is 15.8 Å². The van der Waals surface area contributed by atoms with Crippen LogP contribution in [0.2, 0.25) is 0 Å². The van der Waals surface area contributed by atoms with Gasteiger partial charge in [-0.3, -0.25) is 4.79 Å². The van der Waals surface area contributed by atoms with Crippen LogP contribution in [0.15, 0.2) is 18.2 Å². The lowest BCUT2D eigenvalue weighted by Gasteiger charge is -2.07. The molecule has 1 rings (SSSR count). The highest BCUT2D eigenvalue weighted by molar-refractivity contribution is 5.95. The number of halogens is 1. The number of nitrogen functional groups attached to an aromatic ring is 1. The topological polar surface area (TPSA) is 64.4 Å². The Bertz CT molecular complexity index is 356. The third-order valence-electron chi connectivity index (χ3n) is 2.03. The van der Waals surface area contributed by atoms with Crippen molar-refractivity contribution in [3.63, 3.8) is 0 Å². The molecule has 0 saturated heterocycles. The fraction of sp³-hybridized carbons (Fsp3) is 0.364. The highest BCUT2D eigenvalue weighted by atomic mass is 35.5. The van der Waals surface area contributed by atoms with Crippen molar-refractivity contribution in [2.75, 3.05) is 19.4 Å². The Kier molecular flexibility index (Phi) is 6.34. The Balaban J connectivity index is 0.00000225. The second-order valence-corrected chi connectivity index (χ2v) is 3.21. The molecule has 0 fully saturated rings. The number of carbonyl (C=O) groups excluding carboxylic acids is 1. The minimum atomic E-state index is -0.102. The lowest BCUT2D eigenvalue weighted by atomic mass is 10.2. The Morgan fingerprint density at radius 3 is 2.75 bits per heavy atom. The van der Waals surface area contributed by atoms with E-state index >= 15 is 0 Å². The first kappa shape index (κ1) is 14.6. The largest absolute Gasteiger partial charge is 0.495 e. The van der Waals surface area contributed by atoms with E-state index in [9.17, 15) is 4.79 Å². The molecular weight excluding hydrogens is 228 g/mol. The number of nitrogens with two attached hydrogens (primary N) is 1. The van der Waals surface area contributed by atoms with Gasteiger partial charge in [0.15, 0.2) is 0 Å². The minimum Gasteiger partial charge on any atom is -0.495 e. The Labute approximate surface area is 102 Å². The third-order valence-corrected chi connectivity index (χ3v) is 2.03. The van der Waals surface area contributed by atoms with Gasteiger partial charge in [-0.25, -0.2) is 0 Å². The zero-order valence-electron chi connectivity index (χ0n) is 9.45. The molecule has 16 heavy (non-hydrogen) atoms. The summed E-state index contributed by atoms with van der Waals surface area (Å²) in [5.41, 5.74) is 6.74. The zero-order valence-corrected chi connectivity index (χ0v) is 10.3. The van der Waals surface area contributed by atoms with Crippen molar-refractivity contribution >= 4 is 24.0 Å². The summed E-state index contributed by atoms with van der Waals surface area (Å²) in [6.45, 7) is 2.68. The molecule has 0 aliphatic rings. The van der Waals surface area contributed by atoms with E-state index in [1.807, 2.05) is 6.92 Å². The van der Waals surface area contributed by atoms with E-state index in [-0.39, 0.29) is 18.3 Å². The number of rotatable bonds is 4. The monoisotopic (exact) mass is 244 g/mol. The quantitative estimate of drug-likeness (QED) is 0.795. The van der Waals surface area contributed by atoms with Crippen molar-refractivity contribution in [1.29, 1.82) is 0 Å². The number of benzene rings is 1. The van der Waals surface area contributed by atoms with E-state index in [1.54, 1.807) is 18.2 Å². The molecule has 0 aliphatic carbocycles. The van der Waals surface area contributed by atoms with Gasteiger partial charge >= 0.3 is 0 Å². The molecule has 0 aliphatic heterocycles. The number of carbonyl (C=O) groups is 1. The van der Waals surface area contributed by atoms with Gasteiger partial charge in [0, 0.05) is 12.1 Å². The normalized spacial score (nSPS) is 9.12. The van der Waals surface area contributed by atoms with Gasteiger partial charge in [-0.15, -0.1) is 12.4 Å². The summed E-state index contributed by atoms with van der Waals surface area (Å²) in [5.74, 6) is 0.425. The van der Waals surface area contributed by atoms with E-state index in [4.69, 9.17) is 10.5 Å². The van der Waals surface area contributed by atoms with Gasteiger partial charge < -0.3 is 15.8 Å². The van der Waals surface area contributed by atoms with E-state index in [0.29, 0.717) is 23.5 Å². The van der Waals surface area contributed by atoms with Crippen LogP contribution >= 0.6 is 12.4 Å². The molecule has 3 N–H and O–H groups in total. The maximum Gasteiger partial charge on any atom is 0.251 e. The molecule has 0 atom stereocenters. The molecule has 0 radical (unpaired) electrons. The fourth-order valence-corrected chi connectivity index (χ4v) is 1.19. The number of ether oxygens (including phenoxy) is 1. The predicted octanol–water partition coefficient (Wildman–Crippen LogP) is 1.84. The van der Waals surface area contributed by atoms with Crippen LogP contribution in [0, 0.1) is 0 Å². The van der Waals surface area contributed by atoms with Crippen LogP contribution in [0.1, 0.15) is 23.7 Å². The fourth-order valence-electron chi connectivity index (χ4n) is 1.19. The molecule has 0 saturated carbocycles. The number of hydrogen-bond acceptors (Lipinski definition) is 3. The second kappa shape index (κ2) is 6.95. The van der Waals surface area contributed by atoms with Gasteiger partial charge in [0.05, 0.1) is 12.8 Å². The number of methoxy groups -OCH3 is 1. The smallest absolute Gasteiger partial charge is 0.251 e. The van der Waals surface area contributed by atoms with Crippen LogP contribution in [-0.2, 0) is 0 Å². The molecule has 0 heterocycles. The SMILES string of the molecule is CCCNC(=O)c1ccc(N)c(OC)c1.Cl. The highest BCUT2D eigenvalue weighted by Gasteiger charge is 2.07. The zero-order chi connectivity index (χ0) is 11.3. The van der Waals surface area contributed by atoms with E-state index in [0.717, 1.165) is 6.42 Å². The lowest BCUT2D eigenvalue weighted by Crippen LogP contribution is -2.23. The highest BCUT2D eigenvalue weighted by Crippen LogP contribution is 2.21. The van der Waals surface area contributed by atoms with Crippen LogP contribution in [-0.4, -0.2) is 19.6 Å². The van der Waals surface area contributed by atoms with E-state index < -0.39 is 0 Å². The Morgan fingerprint density at radius 2 is 2.19 bits per heavy atom. The average Bonchev–Trinajstić information content (AvgIpc) is 2.26. The summed E-state index contributed by atoms with van der Waals surface area (Å²) in [6.07, 6.45) is 0.915. The van der Waals surface area contributed by atoms with Gasteiger partial charge in [-0.05, 0) is 24.6 Å². The maximum atomic E-state index is 11.6. The number of nitrogens with one attached hydrogen (secondary N) is 1. The summed E-state index contributed by atoms with van der Waals surface area (Å²) < 4.78 is 5.04. The third kappa shape index (κ3) is 3.62. The molecule has 0 spiro atoms. The van der Waals surface area contributed by atoms with Gasteiger partial charge in [0.2, 0.25) is 0 Å². The van der Waals surface area contributed by atoms with Crippen molar-refractivity contribution in [1.82, 2.24) is 5.32 Å². The van der Waals surface area contributed by atoms with Crippen LogP contribution in [0.3, 0.4) is 0 Å². The van der Waals surface area contributed by atoms with Gasteiger partial charge in [0.1, 0.15) is 5.75 Å². The molecule has 5 heteroatoms. The Hall–Kier alpha value is -1.42. The number of hydrogen-bond donors (Lipinski definition) is 2. The van der Waals surface area contributed by atoms with Crippen molar-refractivity contribution in [2.24, 2.45) is 0 Å². The predicted molar refractivity (Wildman–Crippen MR) is 67.3 cm³/mol. The summed E-state index contributed by atoms with van der Waals surface area (Å²) in [5, 5.41) is 2.78. The first-order chi connectivity index (χ1) is 7.19. The van der Waals surface area contributed by atoms with Crippen LogP contribution in [0.4, 0.5) is 5.69 Å². The van der Waals surface area contributed by atoms with E-state index in [2.05, 4.69) is 5.32 Å². The van der Waals surface area contributed by atoms with Crippen molar-refractivity contribution in [3.8, 4) is 5.75 Å². The van der Waals surface area contributed by atoms with Gasteiger partial charge in [-0.1, -0.05) is 6.92 Å². The molecule has 0 aromatic heterocycles. The van der Waals surface area contributed by atoms with Gasteiger partial charge in [-0.2, -0.15) is 0 Å². The summed E-state index contributed by atoms with van der Waals surface area (Å²) in [6, 6.07) is 4.99. The molecule has 90 valence electrons. The molecule has 1 amide bonds. The molecule has 1 aromatic rings. The lowest BCUT2D eigenvalue weighted by molar-refractivity contribution is 0.0953. The number of amides is 1. The molecular formula is C11H17ClN2O2. The second-order valence-electron chi connectivity index (χ2n) is 3.21. The van der Waals surface area contributed by atoms with E-state index in [1.165, 1.54) is 7.11 Å². The van der Waals surface area contributed by atoms with Crippen molar-refractivity contribution in [3.05, 3.63) is 23.8 Å². The first-order valence-corrected chi connectivity index (χ1v) is 4.90. The molecule has 0 unspecified atom stereocenters. The summed E-state index contributed by atoms with van der Waals surface area (Å²) in [7, 11) is 1.53. The van der Waals surface area contributed by atoms with Crippen LogP contribution in [0.5, 0.6) is 5.75 Å². The molecule has 4 nitrogen and oxygen atoms in total. The van der Waals surface area contributed by atoms with Crippen molar-refractivity contribution in [2.45, 2.75) is 13.3 Å². The van der Waals surface area contributed by atoms with Crippen molar-refractivity contribution < 1.29 is 9.53 Å². The minimum absolute atomic E-state index is 0. The standard InChI is InChI=1S/C11H16N2O2.ClH/c1-3-6-13-11(14)8-4-5-9(12)10(7-8)15-2;/h4-5,7H,3,6,12H2,1-2H3,(H,13,14);1H. The Morgan fingerprint density at radius 1 is 1.50 bits per heavy atom. The first-order valence-electron chi connectivity index (χ1n) is 4.90. The number of anilines is 1. The maximum absolute atomic E-state index is 11.6. The summed E-state index contributed by atoms with van der Waals surface area (Å²) in [4.78, 5) is 11.6.